The lowest BCUT2D eigenvalue weighted by molar-refractivity contribution is -0.120. The number of hydrogen-bond acceptors (Lipinski definition) is 5. The largest absolute Gasteiger partial charge is 0.466 e. The molecule has 0 aliphatic carbocycles. The van der Waals surface area contributed by atoms with E-state index in [1.807, 2.05) is 19.9 Å². The van der Waals surface area contributed by atoms with E-state index in [4.69, 9.17) is 4.42 Å². The molecular formula is C21H23N5O4. The maximum atomic E-state index is 13.2. The van der Waals surface area contributed by atoms with E-state index >= 15 is 0 Å². The third-order valence-corrected chi connectivity index (χ3v) is 5.17. The summed E-state index contributed by atoms with van der Waals surface area (Å²) in [6.45, 7) is 8.84. The van der Waals surface area contributed by atoms with Crippen LogP contribution in [0.2, 0.25) is 0 Å². The smallest absolute Gasteiger partial charge is 0.295 e. The molecule has 1 saturated heterocycles. The highest BCUT2D eigenvalue weighted by Crippen LogP contribution is 2.26. The molecule has 0 radical (unpaired) electrons. The van der Waals surface area contributed by atoms with Crippen LogP contribution in [0, 0.1) is 13.8 Å². The van der Waals surface area contributed by atoms with Gasteiger partial charge in [0, 0.05) is 50.6 Å². The van der Waals surface area contributed by atoms with Crippen LogP contribution < -0.4 is 10.9 Å². The first-order valence-corrected chi connectivity index (χ1v) is 9.76. The van der Waals surface area contributed by atoms with Crippen LogP contribution in [-0.4, -0.2) is 50.3 Å². The molecule has 3 aromatic rings. The van der Waals surface area contributed by atoms with Gasteiger partial charge in [0.1, 0.15) is 17.2 Å². The Labute approximate surface area is 172 Å². The average molecular weight is 409 g/mol. The van der Waals surface area contributed by atoms with Crippen molar-refractivity contribution in [1.82, 2.24) is 24.2 Å². The van der Waals surface area contributed by atoms with Crippen LogP contribution in [0.1, 0.15) is 28.4 Å². The van der Waals surface area contributed by atoms with Gasteiger partial charge >= 0.3 is 0 Å². The highest BCUT2D eigenvalue weighted by Gasteiger charge is 2.24. The second-order valence-electron chi connectivity index (χ2n) is 7.29. The second-order valence-corrected chi connectivity index (χ2v) is 7.29. The van der Waals surface area contributed by atoms with Crippen LogP contribution in [0.25, 0.3) is 16.9 Å². The zero-order valence-electron chi connectivity index (χ0n) is 17.0. The Hall–Kier alpha value is -3.62. The summed E-state index contributed by atoms with van der Waals surface area (Å²) in [7, 11) is 0. The van der Waals surface area contributed by atoms with Gasteiger partial charge in [-0.1, -0.05) is 6.08 Å². The van der Waals surface area contributed by atoms with Gasteiger partial charge in [0.05, 0.1) is 5.69 Å². The molecular weight excluding hydrogens is 386 g/mol. The van der Waals surface area contributed by atoms with Crippen molar-refractivity contribution in [2.45, 2.75) is 26.8 Å². The quantitative estimate of drug-likeness (QED) is 0.659. The number of rotatable bonds is 4. The van der Waals surface area contributed by atoms with Crippen molar-refractivity contribution in [3.63, 3.8) is 0 Å². The molecule has 156 valence electrons. The molecule has 0 aromatic carbocycles. The highest BCUT2D eigenvalue weighted by atomic mass is 16.3. The first-order chi connectivity index (χ1) is 14.4. The Balaban J connectivity index is 1.81. The van der Waals surface area contributed by atoms with Crippen molar-refractivity contribution in [1.29, 1.82) is 0 Å². The lowest BCUT2D eigenvalue weighted by Crippen LogP contribution is -2.34. The van der Waals surface area contributed by atoms with Crippen LogP contribution >= 0.6 is 0 Å². The summed E-state index contributed by atoms with van der Waals surface area (Å²) in [6.07, 6.45) is 5.21. The fourth-order valence-corrected chi connectivity index (χ4v) is 3.73. The van der Waals surface area contributed by atoms with Crippen molar-refractivity contribution < 1.29 is 14.0 Å². The van der Waals surface area contributed by atoms with E-state index in [0.29, 0.717) is 37.6 Å². The van der Waals surface area contributed by atoms with E-state index < -0.39 is 0 Å². The van der Waals surface area contributed by atoms with Crippen LogP contribution in [0.3, 0.4) is 0 Å². The Morgan fingerprint density at radius 1 is 1.30 bits per heavy atom. The maximum absolute atomic E-state index is 13.2. The number of aromatic nitrogens is 3. The van der Waals surface area contributed by atoms with E-state index in [0.717, 1.165) is 11.3 Å². The van der Waals surface area contributed by atoms with Gasteiger partial charge < -0.3 is 14.6 Å². The minimum atomic E-state index is -0.322. The number of fused-ring (bicyclic) bond motifs is 1. The monoisotopic (exact) mass is 409 g/mol. The van der Waals surface area contributed by atoms with Crippen molar-refractivity contribution in [3.05, 3.63) is 58.7 Å². The average Bonchev–Trinajstić information content (AvgIpc) is 3.21. The summed E-state index contributed by atoms with van der Waals surface area (Å²) in [4.78, 5) is 43.5. The molecule has 9 nitrogen and oxygen atoms in total. The molecule has 1 fully saturated rings. The standard InChI is InChI=1S/C21H23N5O4/c1-4-7-26-17(15-10-13(2)30-14(15)3)12-25-11-16(23-19(25)21(26)29)20(28)24-8-5-18(27)22-6-9-24/h4,10-12H,1,5-9H2,2-3H3,(H,22,27). The van der Waals surface area contributed by atoms with E-state index in [9.17, 15) is 14.4 Å². The first kappa shape index (κ1) is 19.7. The fraction of sp³-hybridized carbons (Fsp3) is 0.333. The number of imidazole rings is 1. The lowest BCUT2D eigenvalue weighted by atomic mass is 10.2. The zero-order valence-corrected chi connectivity index (χ0v) is 17.0. The molecule has 1 N–H and O–H groups in total. The molecule has 3 aromatic heterocycles. The van der Waals surface area contributed by atoms with Crippen molar-refractivity contribution >= 4 is 17.5 Å². The number of furan rings is 1. The van der Waals surface area contributed by atoms with E-state index in [2.05, 4.69) is 16.9 Å². The van der Waals surface area contributed by atoms with Crippen molar-refractivity contribution in [2.24, 2.45) is 0 Å². The molecule has 9 heteroatoms. The van der Waals surface area contributed by atoms with E-state index in [1.54, 1.807) is 32.3 Å². The molecule has 1 aliphatic rings. The van der Waals surface area contributed by atoms with Crippen LogP contribution in [0.15, 0.2) is 40.3 Å². The number of nitrogens with zero attached hydrogens (tertiary/aromatic N) is 4. The predicted molar refractivity (Wildman–Crippen MR) is 110 cm³/mol. The molecule has 0 saturated carbocycles. The van der Waals surface area contributed by atoms with E-state index in [1.165, 1.54) is 0 Å². The SMILES string of the molecule is C=CCn1c(-c2cc(C)oc2C)cn2cc(C(=O)N3CCNC(=O)CC3)nc2c1=O. The van der Waals surface area contributed by atoms with Gasteiger partial charge in [0.25, 0.3) is 11.5 Å². The van der Waals surface area contributed by atoms with Crippen molar-refractivity contribution in [2.75, 3.05) is 19.6 Å². The van der Waals surface area contributed by atoms with Gasteiger partial charge in [-0.3, -0.25) is 23.4 Å². The van der Waals surface area contributed by atoms with Crippen molar-refractivity contribution in [3.8, 4) is 11.3 Å². The summed E-state index contributed by atoms with van der Waals surface area (Å²) in [5.41, 5.74) is 1.46. The summed E-state index contributed by atoms with van der Waals surface area (Å²) < 4.78 is 8.78. The zero-order chi connectivity index (χ0) is 21.4. The lowest BCUT2D eigenvalue weighted by Gasteiger charge is -2.17. The van der Waals surface area contributed by atoms with Crippen LogP contribution in [-0.2, 0) is 11.3 Å². The Bertz CT molecular complexity index is 1220. The van der Waals surface area contributed by atoms with Crippen LogP contribution in [0.4, 0.5) is 0 Å². The summed E-state index contributed by atoms with van der Waals surface area (Å²) in [6, 6.07) is 1.87. The van der Waals surface area contributed by atoms with Gasteiger partial charge in [-0.25, -0.2) is 4.98 Å². The Morgan fingerprint density at radius 3 is 2.80 bits per heavy atom. The molecule has 0 unspecified atom stereocenters. The van der Waals surface area contributed by atoms with E-state index in [-0.39, 0.29) is 35.1 Å². The summed E-state index contributed by atoms with van der Waals surface area (Å²) in [5.74, 6) is 1.05. The number of carbonyl (C=O) groups excluding carboxylic acids is 2. The molecule has 4 heterocycles. The highest BCUT2D eigenvalue weighted by molar-refractivity contribution is 5.93. The molecule has 1 aliphatic heterocycles. The number of allylic oxidation sites excluding steroid dienone is 1. The minimum Gasteiger partial charge on any atom is -0.466 e. The number of nitrogens with one attached hydrogen (secondary N) is 1. The van der Waals surface area contributed by atoms with Gasteiger partial charge in [-0.05, 0) is 19.9 Å². The number of amides is 2. The molecule has 30 heavy (non-hydrogen) atoms. The molecule has 0 bridgehead atoms. The van der Waals surface area contributed by atoms with Gasteiger partial charge in [0.2, 0.25) is 11.6 Å². The number of hydrogen-bond donors (Lipinski definition) is 1. The maximum Gasteiger partial charge on any atom is 0.295 e. The molecule has 0 spiro atoms. The van der Waals surface area contributed by atoms with Crippen LogP contribution in [0.5, 0.6) is 0 Å². The second kappa shape index (κ2) is 7.66. The molecule has 0 atom stereocenters. The third kappa shape index (κ3) is 3.42. The number of carbonyl (C=O) groups is 2. The first-order valence-electron chi connectivity index (χ1n) is 9.76. The summed E-state index contributed by atoms with van der Waals surface area (Å²) >= 11 is 0. The van der Waals surface area contributed by atoms with Gasteiger partial charge in [-0.2, -0.15) is 0 Å². The summed E-state index contributed by atoms with van der Waals surface area (Å²) in [5, 5.41) is 2.74. The predicted octanol–water partition coefficient (Wildman–Crippen LogP) is 1.52. The Kier molecular flexibility index (Phi) is 5.03. The van der Waals surface area contributed by atoms with Gasteiger partial charge in [-0.15, -0.1) is 6.58 Å². The number of aryl methyl sites for hydroxylation is 2. The molecule has 2 amide bonds. The third-order valence-electron chi connectivity index (χ3n) is 5.17. The fourth-order valence-electron chi connectivity index (χ4n) is 3.73. The van der Waals surface area contributed by atoms with Gasteiger partial charge in [0.15, 0.2) is 0 Å². The topological polar surface area (TPSA) is 102 Å². The molecule has 4 rings (SSSR count). The minimum absolute atomic E-state index is 0.0805. The normalized spacial score (nSPS) is 14.6. The Morgan fingerprint density at radius 2 is 2.10 bits per heavy atom.